The average molecular weight is 184 g/mol. The van der Waals surface area contributed by atoms with Crippen molar-refractivity contribution in [2.45, 2.75) is 0 Å². The summed E-state index contributed by atoms with van der Waals surface area (Å²) in [6, 6.07) is 18.9. The lowest BCUT2D eigenvalue weighted by Crippen LogP contribution is -2.72. The molecule has 0 spiro atoms. The maximum absolute atomic E-state index is 2.16. The molecule has 0 unspecified atom stereocenters. The van der Waals surface area contributed by atoms with Gasteiger partial charge in [0.25, 0.3) is 0 Å². The van der Waals surface area contributed by atoms with Crippen molar-refractivity contribution in [1.82, 2.24) is 0 Å². The molecule has 0 saturated heterocycles. The fourth-order valence-corrected chi connectivity index (χ4v) is 1.63. The number of hydrogen-bond donors (Lipinski definition) is 1. The lowest BCUT2D eigenvalue weighted by atomic mass is 10.0. The quantitative estimate of drug-likeness (QED) is 0.689. The Labute approximate surface area is 84.4 Å². The molecule has 0 aliphatic carbocycles. The Kier molecular flexibility index (Phi) is 2.61. The first kappa shape index (κ1) is 8.97. The Morgan fingerprint density at radius 2 is 1.43 bits per heavy atom. The molecule has 0 atom stereocenters. The van der Waals surface area contributed by atoms with Gasteiger partial charge in [-0.3, -0.25) is 0 Å². The summed E-state index contributed by atoms with van der Waals surface area (Å²) in [5.41, 5.74) is 3.87. The lowest BCUT2D eigenvalue weighted by Gasteiger charge is -2.04. The van der Waals surface area contributed by atoms with Crippen molar-refractivity contribution in [3.63, 3.8) is 0 Å². The van der Waals surface area contributed by atoms with Crippen molar-refractivity contribution in [3.8, 4) is 11.1 Å². The van der Waals surface area contributed by atoms with Gasteiger partial charge >= 0.3 is 0 Å². The van der Waals surface area contributed by atoms with E-state index in [0.717, 1.165) is 0 Å². The maximum atomic E-state index is 2.16. The Balaban J connectivity index is 2.51. The number of quaternary nitrogens is 1. The third-order valence-electron chi connectivity index (χ3n) is 2.36. The van der Waals surface area contributed by atoms with E-state index in [-0.39, 0.29) is 0 Å². The molecule has 0 amide bonds. The maximum Gasteiger partial charge on any atom is 0.137 e. The van der Waals surface area contributed by atoms with Gasteiger partial charge in [0.1, 0.15) is 5.69 Å². The summed E-state index contributed by atoms with van der Waals surface area (Å²) in [6.45, 7) is 0. The van der Waals surface area contributed by atoms with Crippen LogP contribution in [0.3, 0.4) is 0 Å². The minimum atomic E-state index is 1.28. The molecular weight excluding hydrogens is 170 g/mol. The predicted octanol–water partition coefficient (Wildman–Crippen LogP) is 2.18. The van der Waals surface area contributed by atoms with Gasteiger partial charge in [-0.1, -0.05) is 42.5 Å². The molecule has 0 heterocycles. The minimum Gasteiger partial charge on any atom is -0.316 e. The third-order valence-corrected chi connectivity index (χ3v) is 2.36. The Morgan fingerprint density at radius 3 is 2.14 bits per heavy atom. The van der Waals surface area contributed by atoms with Gasteiger partial charge in [-0.05, 0) is 17.7 Å². The molecule has 2 aromatic carbocycles. The van der Waals surface area contributed by atoms with Crippen molar-refractivity contribution >= 4 is 5.69 Å². The number of para-hydroxylation sites is 1. The second kappa shape index (κ2) is 4.07. The first-order valence-electron chi connectivity index (χ1n) is 4.85. The van der Waals surface area contributed by atoms with Gasteiger partial charge in [0.05, 0.1) is 7.05 Å². The van der Waals surface area contributed by atoms with Crippen molar-refractivity contribution < 1.29 is 5.32 Å². The second-order valence-electron chi connectivity index (χ2n) is 3.24. The number of rotatable bonds is 2. The molecule has 0 aliphatic heterocycles. The van der Waals surface area contributed by atoms with Crippen molar-refractivity contribution in [1.29, 1.82) is 0 Å². The highest BCUT2D eigenvalue weighted by Gasteiger charge is 2.04. The van der Waals surface area contributed by atoms with Gasteiger partial charge in [-0.2, -0.15) is 0 Å². The smallest absolute Gasteiger partial charge is 0.137 e. The van der Waals surface area contributed by atoms with Gasteiger partial charge in [0, 0.05) is 5.56 Å². The van der Waals surface area contributed by atoms with Crippen LogP contribution < -0.4 is 5.32 Å². The number of nitrogens with two attached hydrogens (primary N) is 1. The Hall–Kier alpha value is -1.60. The third kappa shape index (κ3) is 1.68. The van der Waals surface area contributed by atoms with Gasteiger partial charge in [-0.15, -0.1) is 0 Å². The molecule has 2 N–H and O–H groups in total. The van der Waals surface area contributed by atoms with Crippen LogP contribution in [0.15, 0.2) is 54.6 Å². The summed E-state index contributed by atoms with van der Waals surface area (Å²) in [6.07, 6.45) is 0. The zero-order chi connectivity index (χ0) is 9.80. The largest absolute Gasteiger partial charge is 0.316 e. The van der Waals surface area contributed by atoms with Gasteiger partial charge < -0.3 is 5.32 Å². The molecule has 0 radical (unpaired) electrons. The normalized spacial score (nSPS) is 10.1. The molecule has 2 aromatic rings. The van der Waals surface area contributed by atoms with Crippen LogP contribution in [0, 0.1) is 0 Å². The molecule has 2 rings (SSSR count). The molecular formula is C13H14N+. The van der Waals surface area contributed by atoms with Crippen LogP contribution in [0.1, 0.15) is 0 Å². The van der Waals surface area contributed by atoms with Crippen molar-refractivity contribution in [3.05, 3.63) is 54.6 Å². The SMILES string of the molecule is C[NH2+]c1ccccc1-c1ccccc1. The summed E-state index contributed by atoms with van der Waals surface area (Å²) < 4.78 is 0. The van der Waals surface area contributed by atoms with E-state index in [2.05, 4.69) is 60.9 Å². The molecule has 0 aromatic heterocycles. The van der Waals surface area contributed by atoms with Crippen molar-refractivity contribution in [2.75, 3.05) is 7.05 Å². The van der Waals surface area contributed by atoms with Crippen LogP contribution in [0.4, 0.5) is 5.69 Å². The van der Waals surface area contributed by atoms with Crippen LogP contribution in [0.5, 0.6) is 0 Å². The van der Waals surface area contributed by atoms with Crippen molar-refractivity contribution in [2.24, 2.45) is 0 Å². The summed E-state index contributed by atoms with van der Waals surface area (Å²) in [5.74, 6) is 0. The average Bonchev–Trinajstić information content (AvgIpc) is 2.30. The molecule has 70 valence electrons. The van der Waals surface area contributed by atoms with E-state index in [1.165, 1.54) is 16.8 Å². The predicted molar refractivity (Wildman–Crippen MR) is 59.4 cm³/mol. The second-order valence-corrected chi connectivity index (χ2v) is 3.24. The fourth-order valence-electron chi connectivity index (χ4n) is 1.63. The van der Waals surface area contributed by atoms with E-state index in [1.54, 1.807) is 0 Å². The van der Waals surface area contributed by atoms with Crippen LogP contribution in [0.2, 0.25) is 0 Å². The molecule has 1 nitrogen and oxygen atoms in total. The summed E-state index contributed by atoms with van der Waals surface area (Å²) in [4.78, 5) is 0. The first-order valence-corrected chi connectivity index (χ1v) is 4.85. The molecule has 0 bridgehead atoms. The van der Waals surface area contributed by atoms with Crippen LogP contribution in [0.25, 0.3) is 11.1 Å². The highest BCUT2D eigenvalue weighted by molar-refractivity contribution is 5.72. The van der Waals surface area contributed by atoms with Crippen LogP contribution in [-0.4, -0.2) is 7.05 Å². The van der Waals surface area contributed by atoms with Gasteiger partial charge in [-0.25, -0.2) is 0 Å². The van der Waals surface area contributed by atoms with Crippen LogP contribution in [-0.2, 0) is 0 Å². The highest BCUT2D eigenvalue weighted by atomic mass is 14.8. The van der Waals surface area contributed by atoms with E-state index in [1.807, 2.05) is 6.07 Å². The molecule has 0 saturated carbocycles. The first-order chi connectivity index (χ1) is 6.92. The Bertz CT molecular complexity index is 407. The Morgan fingerprint density at radius 1 is 0.786 bits per heavy atom. The summed E-state index contributed by atoms with van der Waals surface area (Å²) in [5, 5.41) is 2.14. The van der Waals surface area contributed by atoms with E-state index < -0.39 is 0 Å². The zero-order valence-electron chi connectivity index (χ0n) is 8.27. The van der Waals surface area contributed by atoms with E-state index >= 15 is 0 Å². The van der Waals surface area contributed by atoms with Crippen LogP contribution >= 0.6 is 0 Å². The standard InChI is InChI=1S/C13H13N/c1-14-13-10-6-5-9-12(13)11-7-3-2-4-8-11/h2-10,14H,1H3/p+1. The lowest BCUT2D eigenvalue weighted by molar-refractivity contribution is -0.538. The van der Waals surface area contributed by atoms with Gasteiger partial charge in [0.15, 0.2) is 0 Å². The zero-order valence-corrected chi connectivity index (χ0v) is 8.27. The highest BCUT2D eigenvalue weighted by Crippen LogP contribution is 2.23. The monoisotopic (exact) mass is 184 g/mol. The number of benzene rings is 2. The van der Waals surface area contributed by atoms with E-state index in [0.29, 0.717) is 0 Å². The van der Waals surface area contributed by atoms with E-state index in [9.17, 15) is 0 Å². The fraction of sp³-hybridized carbons (Fsp3) is 0.0769. The molecule has 0 fully saturated rings. The molecule has 14 heavy (non-hydrogen) atoms. The van der Waals surface area contributed by atoms with Gasteiger partial charge in [0.2, 0.25) is 0 Å². The molecule has 1 heteroatoms. The van der Waals surface area contributed by atoms with E-state index in [4.69, 9.17) is 0 Å². The summed E-state index contributed by atoms with van der Waals surface area (Å²) in [7, 11) is 2.07. The summed E-state index contributed by atoms with van der Waals surface area (Å²) >= 11 is 0. The minimum absolute atomic E-state index is 1.28. The number of hydrogen-bond acceptors (Lipinski definition) is 0. The topological polar surface area (TPSA) is 16.6 Å². The molecule has 0 aliphatic rings.